The molecule has 0 radical (unpaired) electrons. The average Bonchev–Trinajstić information content (AvgIpc) is 2.39. The Balaban J connectivity index is 1.98. The summed E-state index contributed by atoms with van der Waals surface area (Å²) in [6, 6.07) is -0.115. The zero-order valence-electron chi connectivity index (χ0n) is 10.3. The van der Waals surface area contributed by atoms with Crippen LogP contribution in [0.5, 0.6) is 0 Å². The number of hydrogen-bond donors (Lipinski definition) is 1. The van der Waals surface area contributed by atoms with E-state index in [4.69, 9.17) is 5.11 Å². The van der Waals surface area contributed by atoms with Crippen molar-refractivity contribution < 1.29 is 14.7 Å². The highest BCUT2D eigenvalue weighted by atomic mass is 32.2. The van der Waals surface area contributed by atoms with Crippen molar-refractivity contribution in [3.8, 4) is 0 Å². The lowest BCUT2D eigenvalue weighted by molar-refractivity contribution is -0.140. The van der Waals surface area contributed by atoms with E-state index in [1.807, 2.05) is 4.90 Å². The molecule has 2 saturated heterocycles. The lowest BCUT2D eigenvalue weighted by Gasteiger charge is -2.37. The van der Waals surface area contributed by atoms with Crippen molar-refractivity contribution in [3.63, 3.8) is 0 Å². The number of amides is 1. The predicted octanol–water partition coefficient (Wildman–Crippen LogP) is 1.69. The van der Waals surface area contributed by atoms with Gasteiger partial charge in [0.25, 0.3) is 0 Å². The topological polar surface area (TPSA) is 57.6 Å². The number of carbonyl (C=O) groups excluding carboxylic acids is 1. The average molecular weight is 289 g/mol. The molecule has 1 amide bonds. The quantitative estimate of drug-likeness (QED) is 0.857. The number of nitrogens with zero attached hydrogens (tertiary/aromatic N) is 1. The fourth-order valence-corrected chi connectivity index (χ4v) is 4.77. The van der Waals surface area contributed by atoms with Crippen molar-refractivity contribution in [2.45, 2.75) is 37.0 Å². The lowest BCUT2D eigenvalue weighted by Crippen LogP contribution is -2.50. The number of aliphatic carboxylic acids is 1. The number of rotatable bonds is 3. The number of carboxylic acid groups (broad SMARTS) is 1. The Morgan fingerprint density at radius 2 is 2.11 bits per heavy atom. The van der Waals surface area contributed by atoms with Crippen LogP contribution in [0.3, 0.4) is 0 Å². The van der Waals surface area contributed by atoms with Gasteiger partial charge in [-0.3, -0.25) is 9.59 Å². The fraction of sp³-hybridized carbons (Fsp3) is 0.833. The second kappa shape index (κ2) is 6.70. The van der Waals surface area contributed by atoms with Gasteiger partial charge in [0.05, 0.1) is 17.7 Å². The number of carbonyl (C=O) groups is 2. The maximum Gasteiger partial charge on any atom is 0.305 e. The Bertz CT molecular complexity index is 318. The van der Waals surface area contributed by atoms with Gasteiger partial charge < -0.3 is 10.0 Å². The predicted molar refractivity (Wildman–Crippen MR) is 75.2 cm³/mol. The second-order valence-electron chi connectivity index (χ2n) is 4.71. The first-order chi connectivity index (χ1) is 8.68. The first-order valence-electron chi connectivity index (χ1n) is 6.40. The van der Waals surface area contributed by atoms with Crippen molar-refractivity contribution in [3.05, 3.63) is 0 Å². The first-order valence-corrected chi connectivity index (χ1v) is 8.60. The minimum Gasteiger partial charge on any atom is -0.481 e. The van der Waals surface area contributed by atoms with Crippen molar-refractivity contribution >= 4 is 35.4 Å². The molecule has 0 bridgehead atoms. The van der Waals surface area contributed by atoms with Crippen molar-refractivity contribution in [1.29, 1.82) is 0 Å². The van der Waals surface area contributed by atoms with Crippen LogP contribution in [0.25, 0.3) is 0 Å². The molecule has 1 N–H and O–H groups in total. The molecule has 2 atom stereocenters. The van der Waals surface area contributed by atoms with Crippen molar-refractivity contribution in [2.24, 2.45) is 0 Å². The molecule has 18 heavy (non-hydrogen) atoms. The molecular formula is C12H19NO3S2. The van der Waals surface area contributed by atoms with E-state index in [0.29, 0.717) is 6.54 Å². The van der Waals surface area contributed by atoms with Crippen molar-refractivity contribution in [2.75, 3.05) is 23.8 Å². The van der Waals surface area contributed by atoms with Crippen LogP contribution >= 0.6 is 23.5 Å². The molecule has 0 aromatic rings. The summed E-state index contributed by atoms with van der Waals surface area (Å²) in [6.07, 6.45) is 3.35. The van der Waals surface area contributed by atoms with Gasteiger partial charge >= 0.3 is 5.97 Å². The Morgan fingerprint density at radius 3 is 2.78 bits per heavy atom. The molecule has 102 valence electrons. The highest BCUT2D eigenvalue weighted by Crippen LogP contribution is 2.29. The zero-order valence-corrected chi connectivity index (χ0v) is 12.0. The molecule has 0 aromatic carbocycles. The van der Waals surface area contributed by atoms with Crippen LogP contribution in [-0.2, 0) is 9.59 Å². The lowest BCUT2D eigenvalue weighted by atomic mass is 10.1. The molecule has 0 aromatic heterocycles. The third-order valence-electron chi connectivity index (χ3n) is 3.38. The van der Waals surface area contributed by atoms with Crippen LogP contribution in [0.15, 0.2) is 0 Å². The third kappa shape index (κ3) is 3.57. The Morgan fingerprint density at radius 1 is 1.28 bits per heavy atom. The monoisotopic (exact) mass is 289 g/mol. The Hall–Kier alpha value is -0.360. The van der Waals surface area contributed by atoms with Gasteiger partial charge in [0, 0.05) is 18.1 Å². The van der Waals surface area contributed by atoms with Crippen molar-refractivity contribution in [1.82, 2.24) is 4.90 Å². The van der Waals surface area contributed by atoms with E-state index in [-0.39, 0.29) is 23.6 Å². The van der Waals surface area contributed by atoms with Gasteiger partial charge in [0.1, 0.15) is 0 Å². The molecule has 2 heterocycles. The summed E-state index contributed by atoms with van der Waals surface area (Å²) < 4.78 is 0. The van der Waals surface area contributed by atoms with E-state index in [1.54, 1.807) is 23.5 Å². The summed E-state index contributed by atoms with van der Waals surface area (Å²) in [5.41, 5.74) is 0. The molecule has 2 rings (SSSR count). The molecule has 2 aliphatic heterocycles. The minimum absolute atomic E-state index is 0.0677. The maximum atomic E-state index is 12.4. The molecule has 4 nitrogen and oxygen atoms in total. The molecule has 0 aliphatic carbocycles. The Labute approximate surface area is 116 Å². The second-order valence-corrected chi connectivity index (χ2v) is 7.17. The van der Waals surface area contributed by atoms with Crippen LogP contribution in [-0.4, -0.2) is 57.0 Å². The summed E-state index contributed by atoms with van der Waals surface area (Å²) in [5.74, 6) is 2.11. The van der Waals surface area contributed by atoms with E-state index < -0.39 is 5.97 Å². The van der Waals surface area contributed by atoms with Crippen LogP contribution in [0.1, 0.15) is 25.7 Å². The van der Waals surface area contributed by atoms with Crippen LogP contribution < -0.4 is 0 Å². The number of carboxylic acids is 1. The molecule has 0 saturated carbocycles. The van der Waals surface area contributed by atoms with Gasteiger partial charge in [0.2, 0.25) is 5.91 Å². The van der Waals surface area contributed by atoms with Crippen LogP contribution in [0.2, 0.25) is 0 Å². The first kappa shape index (κ1) is 14.1. The number of hydrogen-bond acceptors (Lipinski definition) is 4. The van der Waals surface area contributed by atoms with E-state index in [9.17, 15) is 9.59 Å². The van der Waals surface area contributed by atoms with Gasteiger partial charge in [-0.2, -0.15) is 11.8 Å². The third-order valence-corrected chi connectivity index (χ3v) is 5.83. The van der Waals surface area contributed by atoms with Gasteiger partial charge in [-0.05, 0) is 18.6 Å². The van der Waals surface area contributed by atoms with E-state index in [0.717, 1.165) is 30.1 Å². The highest BCUT2D eigenvalue weighted by molar-refractivity contribution is 8.00. The molecule has 6 heteroatoms. The standard InChI is InChI=1S/C12H19NO3S2/c14-11(15)7-9-8-17-6-4-13(9)12(16)10-3-1-2-5-18-10/h9-10H,1-8H2,(H,14,15). The molecule has 2 aliphatic rings. The zero-order chi connectivity index (χ0) is 13.0. The maximum absolute atomic E-state index is 12.4. The fourth-order valence-electron chi connectivity index (χ4n) is 2.44. The van der Waals surface area contributed by atoms with Crippen LogP contribution in [0, 0.1) is 0 Å². The molecular weight excluding hydrogens is 270 g/mol. The summed E-state index contributed by atoms with van der Waals surface area (Å²) in [5, 5.41) is 8.99. The summed E-state index contributed by atoms with van der Waals surface area (Å²) in [7, 11) is 0. The molecule has 2 unspecified atom stereocenters. The largest absolute Gasteiger partial charge is 0.481 e. The minimum atomic E-state index is -0.809. The highest BCUT2D eigenvalue weighted by Gasteiger charge is 2.33. The van der Waals surface area contributed by atoms with E-state index >= 15 is 0 Å². The Kier molecular flexibility index (Phi) is 5.24. The van der Waals surface area contributed by atoms with Gasteiger partial charge in [-0.15, -0.1) is 11.8 Å². The smallest absolute Gasteiger partial charge is 0.305 e. The molecule has 0 spiro atoms. The van der Waals surface area contributed by atoms with Gasteiger partial charge in [-0.25, -0.2) is 0 Å². The summed E-state index contributed by atoms with van der Waals surface area (Å²) in [6.45, 7) is 0.707. The van der Waals surface area contributed by atoms with Gasteiger partial charge in [0.15, 0.2) is 0 Å². The van der Waals surface area contributed by atoms with E-state index in [2.05, 4.69) is 0 Å². The summed E-state index contributed by atoms with van der Waals surface area (Å²) >= 11 is 3.49. The SMILES string of the molecule is O=C(O)CC1CSCCN1C(=O)C1CCCCS1. The van der Waals surface area contributed by atoms with E-state index in [1.165, 1.54) is 6.42 Å². The van der Waals surface area contributed by atoms with Gasteiger partial charge in [-0.1, -0.05) is 6.42 Å². The van der Waals surface area contributed by atoms with Crippen LogP contribution in [0.4, 0.5) is 0 Å². The molecule has 2 fully saturated rings. The normalized spacial score (nSPS) is 29.0. The summed E-state index contributed by atoms with van der Waals surface area (Å²) in [4.78, 5) is 25.1. The number of thioether (sulfide) groups is 2.